The number of nitrogens with one attached hydrogen (secondary N) is 1. The third-order valence-electron chi connectivity index (χ3n) is 4.32. The molecule has 0 saturated carbocycles. The Hall–Kier alpha value is -1.15. The number of carbonyl (C=O) groups excluding carboxylic acids is 1. The van der Waals surface area contributed by atoms with Gasteiger partial charge in [-0.1, -0.05) is 18.2 Å². The normalized spacial score (nSPS) is 31.6. The second-order valence-electron chi connectivity index (χ2n) is 5.23. The summed E-state index contributed by atoms with van der Waals surface area (Å²) in [5, 5.41) is 3.21. The van der Waals surface area contributed by atoms with Crippen LogP contribution in [0.15, 0.2) is 18.2 Å². The van der Waals surface area contributed by atoms with Crippen LogP contribution in [-0.2, 0) is 6.42 Å². The average molecular weight is 215 g/mol. The first-order valence-corrected chi connectivity index (χ1v) is 6.01. The lowest BCUT2D eigenvalue weighted by Gasteiger charge is -2.36. The van der Waals surface area contributed by atoms with Crippen LogP contribution in [0.25, 0.3) is 0 Å². The van der Waals surface area contributed by atoms with Crippen LogP contribution in [0.5, 0.6) is 0 Å². The lowest BCUT2D eigenvalue weighted by molar-refractivity contribution is 0.0839. The SMILES string of the molecule is CNC1(C)CC2CCc3cccc(c32)C1=O. The van der Waals surface area contributed by atoms with E-state index in [-0.39, 0.29) is 11.3 Å². The molecule has 2 nitrogen and oxygen atoms in total. The van der Waals surface area contributed by atoms with Crippen molar-refractivity contribution >= 4 is 5.78 Å². The third-order valence-corrected chi connectivity index (χ3v) is 4.32. The summed E-state index contributed by atoms with van der Waals surface area (Å²) >= 11 is 0. The molecule has 0 aromatic heterocycles. The minimum Gasteiger partial charge on any atom is -0.308 e. The molecule has 0 heterocycles. The zero-order valence-electron chi connectivity index (χ0n) is 9.84. The lowest BCUT2D eigenvalue weighted by atomic mass is 9.73. The summed E-state index contributed by atoms with van der Waals surface area (Å²) in [6, 6.07) is 6.19. The maximum absolute atomic E-state index is 12.4. The van der Waals surface area contributed by atoms with E-state index in [4.69, 9.17) is 0 Å². The Kier molecular flexibility index (Phi) is 1.99. The van der Waals surface area contributed by atoms with Crippen LogP contribution in [0.2, 0.25) is 0 Å². The molecule has 16 heavy (non-hydrogen) atoms. The first kappa shape index (κ1) is 10.0. The van der Waals surface area contributed by atoms with E-state index in [1.807, 2.05) is 26.1 Å². The van der Waals surface area contributed by atoms with E-state index >= 15 is 0 Å². The van der Waals surface area contributed by atoms with Gasteiger partial charge in [0, 0.05) is 5.56 Å². The highest BCUT2D eigenvalue weighted by Gasteiger charge is 2.44. The summed E-state index contributed by atoms with van der Waals surface area (Å²) in [6.07, 6.45) is 3.30. The fourth-order valence-corrected chi connectivity index (χ4v) is 3.29. The maximum atomic E-state index is 12.4. The second-order valence-corrected chi connectivity index (χ2v) is 5.23. The number of hydrogen-bond acceptors (Lipinski definition) is 2. The quantitative estimate of drug-likeness (QED) is 0.778. The number of rotatable bonds is 1. The van der Waals surface area contributed by atoms with Gasteiger partial charge in [0.2, 0.25) is 0 Å². The molecule has 2 aliphatic carbocycles. The Labute approximate surface area is 96.1 Å². The number of benzene rings is 1. The molecule has 2 aliphatic rings. The van der Waals surface area contributed by atoms with E-state index in [9.17, 15) is 4.79 Å². The molecule has 0 saturated heterocycles. The van der Waals surface area contributed by atoms with Crippen molar-refractivity contribution in [1.29, 1.82) is 0 Å². The molecule has 0 aliphatic heterocycles. The number of ketones is 1. The molecule has 1 N–H and O–H groups in total. The van der Waals surface area contributed by atoms with Crippen LogP contribution in [0, 0.1) is 0 Å². The maximum Gasteiger partial charge on any atom is 0.182 e. The molecule has 1 aromatic carbocycles. The lowest BCUT2D eigenvalue weighted by Crippen LogP contribution is -2.51. The van der Waals surface area contributed by atoms with Crippen molar-refractivity contribution in [3.63, 3.8) is 0 Å². The second kappa shape index (κ2) is 3.17. The van der Waals surface area contributed by atoms with Crippen molar-refractivity contribution in [3.8, 4) is 0 Å². The van der Waals surface area contributed by atoms with Gasteiger partial charge in [0.15, 0.2) is 5.78 Å². The van der Waals surface area contributed by atoms with Crippen molar-refractivity contribution in [3.05, 3.63) is 34.9 Å². The van der Waals surface area contributed by atoms with Gasteiger partial charge in [0.05, 0.1) is 5.54 Å². The van der Waals surface area contributed by atoms with Gasteiger partial charge in [-0.15, -0.1) is 0 Å². The van der Waals surface area contributed by atoms with E-state index in [0.29, 0.717) is 5.92 Å². The van der Waals surface area contributed by atoms with Crippen LogP contribution >= 0.6 is 0 Å². The summed E-state index contributed by atoms with van der Waals surface area (Å²) in [4.78, 5) is 12.4. The van der Waals surface area contributed by atoms with Gasteiger partial charge in [-0.25, -0.2) is 0 Å². The third kappa shape index (κ3) is 1.14. The van der Waals surface area contributed by atoms with Gasteiger partial charge < -0.3 is 5.32 Å². The molecule has 3 rings (SSSR count). The molecule has 0 radical (unpaired) electrons. The van der Waals surface area contributed by atoms with Gasteiger partial charge in [-0.05, 0) is 50.3 Å². The summed E-state index contributed by atoms with van der Waals surface area (Å²) in [6.45, 7) is 2.03. The number of likely N-dealkylation sites (N-methyl/N-ethyl adjacent to an activating group) is 1. The number of Topliss-reactive ketones (excluding diaryl/α,β-unsaturated/α-hetero) is 1. The Morgan fingerprint density at radius 3 is 3.00 bits per heavy atom. The largest absolute Gasteiger partial charge is 0.308 e. The molecule has 0 amide bonds. The zero-order chi connectivity index (χ0) is 11.3. The van der Waals surface area contributed by atoms with Crippen molar-refractivity contribution in [2.45, 2.75) is 37.6 Å². The molecule has 2 heteroatoms. The van der Waals surface area contributed by atoms with Crippen LogP contribution in [0.4, 0.5) is 0 Å². The predicted molar refractivity (Wildman–Crippen MR) is 63.9 cm³/mol. The minimum absolute atomic E-state index is 0.269. The highest BCUT2D eigenvalue weighted by molar-refractivity contribution is 6.06. The molecule has 84 valence electrons. The van der Waals surface area contributed by atoms with Gasteiger partial charge in [0.25, 0.3) is 0 Å². The van der Waals surface area contributed by atoms with E-state index in [2.05, 4.69) is 11.4 Å². The van der Waals surface area contributed by atoms with Gasteiger partial charge in [-0.3, -0.25) is 4.79 Å². The smallest absolute Gasteiger partial charge is 0.182 e. The molecule has 1 aromatic rings. The Balaban J connectivity index is 2.20. The van der Waals surface area contributed by atoms with Crippen molar-refractivity contribution in [1.82, 2.24) is 5.32 Å². The first-order chi connectivity index (χ1) is 7.65. The molecule has 0 spiro atoms. The monoisotopic (exact) mass is 215 g/mol. The summed E-state index contributed by atoms with van der Waals surface area (Å²) in [5.74, 6) is 0.853. The Bertz CT molecular complexity index is 466. The topological polar surface area (TPSA) is 29.1 Å². The van der Waals surface area contributed by atoms with E-state index in [0.717, 1.165) is 18.4 Å². The van der Waals surface area contributed by atoms with Crippen molar-refractivity contribution in [2.24, 2.45) is 0 Å². The van der Waals surface area contributed by atoms with Gasteiger partial charge in [-0.2, -0.15) is 0 Å². The fraction of sp³-hybridized carbons (Fsp3) is 0.500. The summed E-state index contributed by atoms with van der Waals surface area (Å²) < 4.78 is 0. The highest BCUT2D eigenvalue weighted by atomic mass is 16.1. The van der Waals surface area contributed by atoms with Crippen molar-refractivity contribution < 1.29 is 4.79 Å². The van der Waals surface area contributed by atoms with Crippen LogP contribution in [0.1, 0.15) is 47.2 Å². The number of carbonyl (C=O) groups is 1. The fourth-order valence-electron chi connectivity index (χ4n) is 3.29. The molecule has 0 fully saturated rings. The summed E-state index contributed by atoms with van der Waals surface area (Å²) in [7, 11) is 1.89. The van der Waals surface area contributed by atoms with E-state index < -0.39 is 0 Å². The van der Waals surface area contributed by atoms with Crippen LogP contribution in [-0.4, -0.2) is 18.4 Å². The first-order valence-electron chi connectivity index (χ1n) is 6.01. The number of hydrogen-bond donors (Lipinski definition) is 1. The van der Waals surface area contributed by atoms with Crippen molar-refractivity contribution in [2.75, 3.05) is 7.05 Å². The molecular weight excluding hydrogens is 198 g/mol. The zero-order valence-corrected chi connectivity index (χ0v) is 9.84. The van der Waals surface area contributed by atoms with Gasteiger partial charge in [0.1, 0.15) is 0 Å². The Morgan fingerprint density at radius 1 is 1.44 bits per heavy atom. The minimum atomic E-state index is -0.360. The highest BCUT2D eigenvalue weighted by Crippen LogP contribution is 2.45. The average Bonchev–Trinajstić information content (AvgIpc) is 2.70. The van der Waals surface area contributed by atoms with Crippen LogP contribution < -0.4 is 5.32 Å². The van der Waals surface area contributed by atoms with Crippen LogP contribution in [0.3, 0.4) is 0 Å². The predicted octanol–water partition coefficient (Wildman–Crippen LogP) is 2.28. The molecule has 0 bridgehead atoms. The molecule has 2 unspecified atom stereocenters. The van der Waals surface area contributed by atoms with E-state index in [1.54, 1.807) is 0 Å². The number of aryl methyl sites for hydroxylation is 1. The van der Waals surface area contributed by atoms with Gasteiger partial charge >= 0.3 is 0 Å². The molecule has 2 atom stereocenters. The molecular formula is C14H17NO. The Morgan fingerprint density at radius 2 is 2.25 bits per heavy atom. The summed E-state index contributed by atoms with van der Waals surface area (Å²) in [5.41, 5.74) is 3.35. The standard InChI is InChI=1S/C14H17NO/c1-14(15-2)8-10-7-6-9-4-3-5-11(12(9)10)13(14)16/h3-5,10,15H,6-8H2,1-2H3. The van der Waals surface area contributed by atoms with E-state index in [1.165, 1.54) is 17.5 Å².